The molecular formula is C18H25N. The molecule has 0 saturated heterocycles. The molecule has 1 atom stereocenters. The van der Waals surface area contributed by atoms with Gasteiger partial charge in [0.15, 0.2) is 0 Å². The van der Waals surface area contributed by atoms with Crippen LogP contribution in [-0.2, 0) is 12.8 Å². The van der Waals surface area contributed by atoms with Crippen molar-refractivity contribution >= 4 is 0 Å². The molecule has 1 nitrogen and oxygen atoms in total. The van der Waals surface area contributed by atoms with E-state index in [1.165, 1.54) is 38.5 Å². The van der Waals surface area contributed by atoms with Crippen LogP contribution in [0, 0.1) is 5.92 Å². The van der Waals surface area contributed by atoms with Gasteiger partial charge in [0.05, 0.1) is 0 Å². The summed E-state index contributed by atoms with van der Waals surface area (Å²) in [5, 5.41) is 3.82. The minimum atomic E-state index is 0.620. The Kier molecular flexibility index (Phi) is 4.03. The molecular weight excluding hydrogens is 230 g/mol. The second-order valence-electron chi connectivity index (χ2n) is 6.04. The summed E-state index contributed by atoms with van der Waals surface area (Å²) in [7, 11) is 0. The fraction of sp³-hybridized carbons (Fsp3) is 0.556. The minimum absolute atomic E-state index is 0.620. The average Bonchev–Trinajstić information content (AvgIpc) is 3.08. The van der Waals surface area contributed by atoms with E-state index in [0.29, 0.717) is 6.04 Å². The molecule has 0 heterocycles. The number of fused-ring (bicyclic) bond motifs is 1. The van der Waals surface area contributed by atoms with E-state index >= 15 is 0 Å². The molecule has 0 aliphatic heterocycles. The fourth-order valence-electron chi connectivity index (χ4n) is 3.71. The third-order valence-electron chi connectivity index (χ3n) is 4.64. The molecule has 1 unspecified atom stereocenters. The Bertz CT molecular complexity index is 436. The molecule has 0 amide bonds. The average molecular weight is 255 g/mol. The van der Waals surface area contributed by atoms with Gasteiger partial charge >= 0.3 is 0 Å². The van der Waals surface area contributed by atoms with Gasteiger partial charge in [0.25, 0.3) is 0 Å². The molecule has 3 rings (SSSR count). The van der Waals surface area contributed by atoms with Crippen LogP contribution < -0.4 is 5.32 Å². The highest BCUT2D eigenvalue weighted by Gasteiger charge is 2.30. The maximum absolute atomic E-state index is 3.82. The third-order valence-corrected chi connectivity index (χ3v) is 4.64. The molecule has 19 heavy (non-hydrogen) atoms. The predicted molar refractivity (Wildman–Crippen MR) is 81.4 cm³/mol. The molecule has 1 aromatic carbocycles. The van der Waals surface area contributed by atoms with E-state index in [1.807, 2.05) is 0 Å². The highest BCUT2D eigenvalue weighted by molar-refractivity contribution is 5.34. The standard InChI is InChI=1S/C18H25N/c1-2-11-19-18(14-7-3-4-8-14)17-12-15-9-5-6-10-16(15)13-17/h5-7,9-10,17-19H,2-4,8,11-13H2,1H3. The van der Waals surface area contributed by atoms with Crippen LogP contribution in [0.1, 0.15) is 43.7 Å². The van der Waals surface area contributed by atoms with Crippen LogP contribution in [0.4, 0.5) is 0 Å². The molecule has 1 heteroatoms. The molecule has 0 saturated carbocycles. The molecule has 2 aliphatic carbocycles. The Hall–Kier alpha value is -1.08. The van der Waals surface area contributed by atoms with Crippen LogP contribution in [0.2, 0.25) is 0 Å². The highest BCUT2D eigenvalue weighted by atomic mass is 14.9. The first-order valence-electron chi connectivity index (χ1n) is 7.87. The number of rotatable bonds is 5. The molecule has 102 valence electrons. The van der Waals surface area contributed by atoms with Crippen LogP contribution in [0.3, 0.4) is 0 Å². The van der Waals surface area contributed by atoms with E-state index in [4.69, 9.17) is 0 Å². The van der Waals surface area contributed by atoms with Crippen molar-refractivity contribution in [1.82, 2.24) is 5.32 Å². The summed E-state index contributed by atoms with van der Waals surface area (Å²) >= 11 is 0. The number of hydrogen-bond acceptors (Lipinski definition) is 1. The molecule has 0 spiro atoms. The van der Waals surface area contributed by atoms with E-state index in [9.17, 15) is 0 Å². The molecule has 0 aromatic heterocycles. The van der Waals surface area contributed by atoms with Gasteiger partial charge in [-0.3, -0.25) is 0 Å². The lowest BCUT2D eigenvalue weighted by atomic mass is 9.90. The quantitative estimate of drug-likeness (QED) is 0.787. The number of nitrogens with one attached hydrogen (secondary N) is 1. The summed E-state index contributed by atoms with van der Waals surface area (Å²) < 4.78 is 0. The van der Waals surface area contributed by atoms with Crippen molar-refractivity contribution < 1.29 is 0 Å². The van der Waals surface area contributed by atoms with E-state index < -0.39 is 0 Å². The van der Waals surface area contributed by atoms with Crippen LogP contribution in [0.15, 0.2) is 35.9 Å². The number of allylic oxidation sites excluding steroid dienone is 1. The second-order valence-corrected chi connectivity index (χ2v) is 6.04. The normalized spacial score (nSPS) is 20.4. The Morgan fingerprint density at radius 1 is 1.21 bits per heavy atom. The van der Waals surface area contributed by atoms with Crippen LogP contribution in [0.25, 0.3) is 0 Å². The Balaban J connectivity index is 1.74. The monoisotopic (exact) mass is 255 g/mol. The summed E-state index contributed by atoms with van der Waals surface area (Å²) in [5.74, 6) is 0.772. The number of hydrogen-bond donors (Lipinski definition) is 1. The lowest BCUT2D eigenvalue weighted by molar-refractivity contribution is 0.400. The summed E-state index contributed by atoms with van der Waals surface area (Å²) in [5.41, 5.74) is 4.84. The maximum atomic E-state index is 3.82. The Morgan fingerprint density at radius 3 is 2.53 bits per heavy atom. The molecule has 0 fully saturated rings. The second kappa shape index (κ2) is 5.92. The van der Waals surface area contributed by atoms with Gasteiger partial charge in [-0.15, -0.1) is 0 Å². The zero-order chi connectivity index (χ0) is 13.1. The predicted octanol–water partition coefficient (Wildman–Crippen LogP) is 3.88. The van der Waals surface area contributed by atoms with Gasteiger partial charge in [-0.25, -0.2) is 0 Å². The van der Waals surface area contributed by atoms with Crippen molar-refractivity contribution in [1.29, 1.82) is 0 Å². The third kappa shape index (κ3) is 2.76. The first-order chi connectivity index (χ1) is 9.38. The summed E-state index contributed by atoms with van der Waals surface area (Å²) in [6.45, 7) is 3.41. The summed E-state index contributed by atoms with van der Waals surface area (Å²) in [4.78, 5) is 0. The van der Waals surface area contributed by atoms with Crippen molar-refractivity contribution in [3.05, 3.63) is 47.0 Å². The molecule has 0 bridgehead atoms. The Morgan fingerprint density at radius 2 is 1.95 bits per heavy atom. The topological polar surface area (TPSA) is 12.0 Å². The zero-order valence-corrected chi connectivity index (χ0v) is 12.0. The highest BCUT2D eigenvalue weighted by Crippen LogP contribution is 2.34. The van der Waals surface area contributed by atoms with Crippen molar-refractivity contribution in [2.75, 3.05) is 6.54 Å². The van der Waals surface area contributed by atoms with E-state index in [1.54, 1.807) is 16.7 Å². The van der Waals surface area contributed by atoms with Crippen molar-refractivity contribution in [3.63, 3.8) is 0 Å². The SMILES string of the molecule is CCCNC(C1=CCCC1)C1Cc2ccccc2C1. The van der Waals surface area contributed by atoms with Crippen molar-refractivity contribution in [2.45, 2.75) is 51.5 Å². The Labute approximate surface area is 117 Å². The lowest BCUT2D eigenvalue weighted by Crippen LogP contribution is -2.38. The number of benzene rings is 1. The minimum Gasteiger partial charge on any atom is -0.310 e. The molecule has 0 radical (unpaired) electrons. The molecule has 2 aliphatic rings. The molecule has 1 aromatic rings. The first-order valence-corrected chi connectivity index (χ1v) is 7.87. The van der Waals surface area contributed by atoms with Crippen LogP contribution in [-0.4, -0.2) is 12.6 Å². The van der Waals surface area contributed by atoms with Crippen LogP contribution in [0.5, 0.6) is 0 Å². The van der Waals surface area contributed by atoms with Crippen LogP contribution >= 0.6 is 0 Å². The van der Waals surface area contributed by atoms with Gasteiger partial charge in [-0.1, -0.05) is 42.8 Å². The van der Waals surface area contributed by atoms with Gasteiger partial charge in [0.1, 0.15) is 0 Å². The van der Waals surface area contributed by atoms with Gasteiger partial charge in [-0.05, 0) is 62.1 Å². The smallest absolute Gasteiger partial charge is 0.0314 e. The lowest BCUT2D eigenvalue weighted by Gasteiger charge is -2.26. The van der Waals surface area contributed by atoms with Gasteiger partial charge in [0.2, 0.25) is 0 Å². The van der Waals surface area contributed by atoms with E-state index in [0.717, 1.165) is 12.5 Å². The van der Waals surface area contributed by atoms with E-state index in [-0.39, 0.29) is 0 Å². The largest absolute Gasteiger partial charge is 0.310 e. The summed E-state index contributed by atoms with van der Waals surface area (Å²) in [6, 6.07) is 9.62. The van der Waals surface area contributed by atoms with Gasteiger partial charge in [0, 0.05) is 6.04 Å². The maximum Gasteiger partial charge on any atom is 0.0314 e. The first kappa shape index (κ1) is 12.9. The van der Waals surface area contributed by atoms with Gasteiger partial charge in [-0.2, -0.15) is 0 Å². The van der Waals surface area contributed by atoms with E-state index in [2.05, 4.69) is 42.6 Å². The molecule has 1 N–H and O–H groups in total. The zero-order valence-electron chi connectivity index (χ0n) is 12.0. The summed E-state index contributed by atoms with van der Waals surface area (Å²) in [6.07, 6.45) is 10.2. The van der Waals surface area contributed by atoms with Gasteiger partial charge < -0.3 is 5.32 Å². The van der Waals surface area contributed by atoms with Crippen molar-refractivity contribution in [3.8, 4) is 0 Å². The van der Waals surface area contributed by atoms with Crippen molar-refractivity contribution in [2.24, 2.45) is 5.92 Å². The fourth-order valence-corrected chi connectivity index (χ4v) is 3.71.